The highest BCUT2D eigenvalue weighted by Crippen LogP contribution is 2.47. The topological polar surface area (TPSA) is 115 Å². The van der Waals surface area contributed by atoms with Gasteiger partial charge >= 0.3 is 7.82 Å². The number of ether oxygens (including phenoxy) is 2. The Morgan fingerprint density at radius 2 is 1.46 bits per heavy atom. The van der Waals surface area contributed by atoms with Crippen molar-refractivity contribution in [1.82, 2.24) is 9.80 Å². The summed E-state index contributed by atoms with van der Waals surface area (Å²) in [5, 5.41) is 0.517. The van der Waals surface area contributed by atoms with E-state index in [0.29, 0.717) is 50.0 Å². The van der Waals surface area contributed by atoms with Gasteiger partial charge in [0.2, 0.25) is 11.8 Å². The van der Waals surface area contributed by atoms with Gasteiger partial charge in [0.1, 0.15) is 0 Å². The maximum Gasteiger partial charge on any atom is 0.472 e. The lowest BCUT2D eigenvalue weighted by Gasteiger charge is -2.26. The molecule has 2 rings (SSSR count). The van der Waals surface area contributed by atoms with E-state index >= 15 is 0 Å². The van der Waals surface area contributed by atoms with Crippen LogP contribution in [0.3, 0.4) is 0 Å². The van der Waals surface area contributed by atoms with Crippen LogP contribution in [0.15, 0.2) is 0 Å². The van der Waals surface area contributed by atoms with E-state index in [1.54, 1.807) is 9.80 Å². The number of hydrogen-bond donors (Lipinski definition) is 1. The van der Waals surface area contributed by atoms with Crippen molar-refractivity contribution in [2.45, 2.75) is 136 Å². The summed E-state index contributed by atoms with van der Waals surface area (Å²) in [6, 6.07) is -0.606. The molecule has 0 spiro atoms. The SMILES string of the molecule is CC(C)CCC(=O)N1C[C@H](OC(C)C)C[C@H]1COP(=O)(O)O[C@@H]1C[C@@H](COC(C)C)N(C(=O)CCCSC(C)C)C1. The predicted octanol–water partition coefficient (Wildman–Crippen LogP) is 5.27. The zero-order valence-electron chi connectivity index (χ0n) is 26.5. The summed E-state index contributed by atoms with van der Waals surface area (Å²) in [5.74, 6) is 1.31. The van der Waals surface area contributed by atoms with E-state index in [2.05, 4.69) is 27.7 Å². The van der Waals surface area contributed by atoms with Crippen molar-refractivity contribution in [1.29, 1.82) is 0 Å². The number of thioether (sulfide) groups is 1. The second-order valence-electron chi connectivity index (χ2n) is 12.5. The lowest BCUT2D eigenvalue weighted by Crippen LogP contribution is -2.39. The van der Waals surface area contributed by atoms with Gasteiger partial charge in [0, 0.05) is 25.9 Å². The third-order valence-corrected chi connectivity index (χ3v) is 9.34. The molecule has 1 N–H and O–H groups in total. The van der Waals surface area contributed by atoms with E-state index in [0.717, 1.165) is 18.6 Å². The minimum Gasteiger partial charge on any atom is -0.377 e. The molecular weight excluding hydrogens is 567 g/mol. The van der Waals surface area contributed by atoms with Crippen molar-refractivity contribution < 1.29 is 37.6 Å². The van der Waals surface area contributed by atoms with E-state index < -0.39 is 13.9 Å². The number of likely N-dealkylation sites (tertiary alicyclic amines) is 2. The van der Waals surface area contributed by atoms with Crippen LogP contribution in [0.4, 0.5) is 0 Å². The number of rotatable bonds is 18. The molecule has 240 valence electrons. The van der Waals surface area contributed by atoms with Gasteiger partial charge < -0.3 is 24.2 Å². The highest BCUT2D eigenvalue weighted by atomic mass is 32.2. The maximum atomic E-state index is 13.1. The second kappa shape index (κ2) is 17.6. The number of hydrogen-bond acceptors (Lipinski definition) is 8. The lowest BCUT2D eigenvalue weighted by molar-refractivity contribution is -0.134. The average Bonchev–Trinajstić information content (AvgIpc) is 3.45. The first kappa shape index (κ1) is 36.5. The Balaban J connectivity index is 1.98. The van der Waals surface area contributed by atoms with Crippen LogP contribution in [0, 0.1) is 5.92 Å². The van der Waals surface area contributed by atoms with Gasteiger partial charge in [0.15, 0.2) is 0 Å². The van der Waals surface area contributed by atoms with E-state index in [1.807, 2.05) is 39.5 Å². The van der Waals surface area contributed by atoms with Crippen molar-refractivity contribution >= 4 is 31.4 Å². The van der Waals surface area contributed by atoms with Crippen molar-refractivity contribution in [3.63, 3.8) is 0 Å². The Bertz CT molecular complexity index is 859. The van der Waals surface area contributed by atoms with Gasteiger partial charge in [-0.25, -0.2) is 4.57 Å². The summed E-state index contributed by atoms with van der Waals surface area (Å²) in [6.45, 7) is 17.1. The molecule has 0 bridgehead atoms. The summed E-state index contributed by atoms with van der Waals surface area (Å²) in [5.41, 5.74) is 0. The fourth-order valence-corrected chi connectivity index (χ4v) is 6.91. The monoisotopic (exact) mass is 622 g/mol. The van der Waals surface area contributed by atoms with Gasteiger partial charge in [-0.3, -0.25) is 18.6 Å². The van der Waals surface area contributed by atoms with E-state index in [1.165, 1.54) is 0 Å². The summed E-state index contributed by atoms with van der Waals surface area (Å²) in [4.78, 5) is 40.1. The molecule has 1 unspecified atom stereocenters. The molecule has 0 aromatic heterocycles. The summed E-state index contributed by atoms with van der Waals surface area (Å²) >= 11 is 1.82. The Hall–Kier alpha value is -0.680. The van der Waals surface area contributed by atoms with Crippen LogP contribution in [0.1, 0.15) is 93.9 Å². The Labute approximate surface area is 252 Å². The Kier molecular flexibility index (Phi) is 15.6. The van der Waals surface area contributed by atoms with Gasteiger partial charge in [0.25, 0.3) is 0 Å². The van der Waals surface area contributed by atoms with Crippen LogP contribution in [0.5, 0.6) is 0 Å². The van der Waals surface area contributed by atoms with Gasteiger partial charge in [-0.2, -0.15) is 11.8 Å². The molecule has 2 fully saturated rings. The third-order valence-electron chi connectivity index (χ3n) is 7.11. The van der Waals surface area contributed by atoms with E-state index in [9.17, 15) is 19.0 Å². The summed E-state index contributed by atoms with van der Waals surface area (Å²) in [6.07, 6.45) is 2.51. The van der Waals surface area contributed by atoms with Gasteiger partial charge in [-0.05, 0) is 70.3 Å². The molecule has 12 heteroatoms. The first-order valence-electron chi connectivity index (χ1n) is 15.3. The van der Waals surface area contributed by atoms with Crippen LogP contribution in [0.2, 0.25) is 0 Å². The quantitative estimate of drug-likeness (QED) is 0.161. The van der Waals surface area contributed by atoms with Crippen molar-refractivity contribution in [2.24, 2.45) is 5.92 Å². The highest BCUT2D eigenvalue weighted by molar-refractivity contribution is 7.99. The molecule has 2 aliphatic heterocycles. The Morgan fingerprint density at radius 1 is 0.878 bits per heavy atom. The predicted molar refractivity (Wildman–Crippen MR) is 163 cm³/mol. The van der Waals surface area contributed by atoms with Crippen molar-refractivity contribution in [2.75, 3.05) is 32.1 Å². The smallest absolute Gasteiger partial charge is 0.377 e. The number of nitrogens with zero attached hydrogens (tertiary/aromatic N) is 2. The van der Waals surface area contributed by atoms with Gasteiger partial charge in [0.05, 0.1) is 49.7 Å². The average molecular weight is 623 g/mol. The number of phosphoric ester groups is 1. The minimum absolute atomic E-state index is 0.000539. The maximum absolute atomic E-state index is 13.1. The normalized spacial score (nSPS) is 24.8. The van der Waals surface area contributed by atoms with Gasteiger partial charge in [-0.1, -0.05) is 27.7 Å². The number of carbonyl (C=O) groups is 2. The first-order chi connectivity index (χ1) is 19.2. The second-order valence-corrected chi connectivity index (χ2v) is 15.6. The molecule has 0 aliphatic carbocycles. The van der Waals surface area contributed by atoms with E-state index in [-0.39, 0.29) is 55.4 Å². The zero-order valence-corrected chi connectivity index (χ0v) is 28.2. The highest BCUT2D eigenvalue weighted by Gasteiger charge is 2.41. The molecule has 0 aromatic carbocycles. The number of amides is 2. The first-order valence-corrected chi connectivity index (χ1v) is 17.8. The van der Waals surface area contributed by atoms with Crippen LogP contribution >= 0.6 is 19.6 Å². The van der Waals surface area contributed by atoms with Crippen LogP contribution in [-0.4, -0.2) is 100 Å². The largest absolute Gasteiger partial charge is 0.472 e. The molecule has 2 amide bonds. The molecule has 2 heterocycles. The molecule has 2 aliphatic rings. The van der Waals surface area contributed by atoms with Crippen LogP contribution in [-0.2, 0) is 32.7 Å². The standard InChI is InChI=1S/C29H55N2O8PS/c1-20(2)11-12-29(33)30-16-26(38-22(5)6)14-25(30)19-37-40(34,35)39-27-15-24(18-36-21(3)4)31(17-27)28(32)10-9-13-41-23(7)8/h20-27H,9-19H2,1-8H3,(H,34,35)/t24-,25-,26+,27+/m0/s1. The molecular formula is C29H55N2O8PS. The molecule has 5 atom stereocenters. The minimum atomic E-state index is -4.45. The van der Waals surface area contributed by atoms with E-state index in [4.69, 9.17) is 18.5 Å². The molecule has 2 saturated heterocycles. The summed E-state index contributed by atoms with van der Waals surface area (Å²) in [7, 11) is -4.45. The fraction of sp³-hybridized carbons (Fsp3) is 0.931. The fourth-order valence-electron chi connectivity index (χ4n) is 5.18. The lowest BCUT2D eigenvalue weighted by atomic mass is 10.1. The third kappa shape index (κ3) is 13.7. The molecule has 10 nitrogen and oxygen atoms in total. The van der Waals surface area contributed by atoms with Crippen molar-refractivity contribution in [3.8, 4) is 0 Å². The zero-order chi connectivity index (χ0) is 30.7. The van der Waals surface area contributed by atoms with Crippen LogP contribution in [0.25, 0.3) is 0 Å². The van der Waals surface area contributed by atoms with Gasteiger partial charge in [-0.15, -0.1) is 0 Å². The Morgan fingerprint density at radius 3 is 2.05 bits per heavy atom. The summed E-state index contributed by atoms with van der Waals surface area (Å²) < 4.78 is 35.9. The number of phosphoric acid groups is 1. The number of carbonyl (C=O) groups excluding carboxylic acids is 2. The molecule has 0 aromatic rings. The molecule has 41 heavy (non-hydrogen) atoms. The van der Waals surface area contributed by atoms with Crippen molar-refractivity contribution in [3.05, 3.63) is 0 Å². The molecule has 0 saturated carbocycles. The van der Waals surface area contributed by atoms with Crippen LogP contribution < -0.4 is 0 Å². The molecule has 0 radical (unpaired) electrons.